The van der Waals surface area contributed by atoms with Crippen molar-refractivity contribution in [1.82, 2.24) is 0 Å². The molecule has 209 valence electrons. The molecule has 0 fully saturated rings. The zero-order valence-electron chi connectivity index (χ0n) is 23.6. The first-order valence-electron chi connectivity index (χ1n) is 12.3. The summed E-state index contributed by atoms with van der Waals surface area (Å²) in [7, 11) is 2.99. The normalized spacial score (nSPS) is 9.32. The Balaban J connectivity index is 0.000000265. The molecule has 1 radical (unpaired) electrons. The van der Waals surface area contributed by atoms with Crippen LogP contribution in [-0.4, -0.2) is 24.8 Å². The van der Waals surface area contributed by atoms with Crippen LogP contribution in [0, 0.1) is 41.5 Å². The van der Waals surface area contributed by atoms with E-state index in [0.29, 0.717) is 5.46 Å². The van der Waals surface area contributed by atoms with Crippen LogP contribution in [0.1, 0.15) is 31.3 Å². The van der Waals surface area contributed by atoms with E-state index in [1.54, 1.807) is 46.9 Å². The van der Waals surface area contributed by atoms with E-state index in [-0.39, 0.29) is 0 Å². The van der Waals surface area contributed by atoms with E-state index in [1.165, 1.54) is 45.5 Å². The Morgan fingerprint density at radius 3 is 1.50 bits per heavy atom. The van der Waals surface area contributed by atoms with Crippen LogP contribution < -0.4 is 5.46 Å². The fourth-order valence-corrected chi connectivity index (χ4v) is 6.51. The average molecular weight is 671 g/mol. The summed E-state index contributed by atoms with van der Waals surface area (Å²) in [6, 6.07) is 25.7. The average Bonchev–Trinajstić information content (AvgIpc) is 3.58. The van der Waals surface area contributed by atoms with Gasteiger partial charge in [0, 0.05) is 19.5 Å². The molecular weight excluding hydrogens is 636 g/mol. The van der Waals surface area contributed by atoms with Crippen LogP contribution >= 0.6 is 62.8 Å². The van der Waals surface area contributed by atoms with E-state index >= 15 is 0 Å². The molecule has 3 nitrogen and oxygen atoms in total. The first kappa shape index (κ1) is 36.2. The molecule has 0 aliphatic carbocycles. The first-order chi connectivity index (χ1) is 19.0. The second-order valence-corrected chi connectivity index (χ2v) is 13.8. The summed E-state index contributed by atoms with van der Waals surface area (Å²) in [5.41, 5.74) is 6.02. The Hall–Kier alpha value is -1.78. The Morgan fingerprint density at radius 2 is 1.23 bits per heavy atom. The van der Waals surface area contributed by atoms with Gasteiger partial charge in [0.05, 0.1) is 3.79 Å². The van der Waals surface area contributed by atoms with Crippen molar-refractivity contribution in [3.63, 3.8) is 0 Å². The Kier molecular flexibility index (Phi) is 18.3. The molecule has 0 aliphatic rings. The molecule has 0 unspecified atom stereocenters. The molecule has 0 atom stereocenters. The molecule has 5 aromatic rings. The van der Waals surface area contributed by atoms with Crippen LogP contribution in [0.2, 0.25) is 0 Å². The van der Waals surface area contributed by atoms with E-state index in [2.05, 4.69) is 136 Å². The van der Waals surface area contributed by atoms with Crippen LogP contribution in [0.15, 0.2) is 92.3 Å². The van der Waals surface area contributed by atoms with Crippen molar-refractivity contribution in [3.05, 3.63) is 119 Å². The van der Waals surface area contributed by atoms with Crippen molar-refractivity contribution in [2.45, 2.75) is 41.5 Å². The predicted molar refractivity (Wildman–Crippen MR) is 188 cm³/mol. The zero-order chi connectivity index (χ0) is 30.1. The Morgan fingerprint density at radius 1 is 0.725 bits per heavy atom. The van der Waals surface area contributed by atoms with Gasteiger partial charge in [0.1, 0.15) is 0 Å². The van der Waals surface area contributed by atoms with Gasteiger partial charge in [-0.25, -0.2) is 0 Å². The summed E-state index contributed by atoms with van der Waals surface area (Å²) in [6.07, 6.45) is 0. The number of rotatable bonds is 2. The van der Waals surface area contributed by atoms with Crippen LogP contribution in [0.25, 0.3) is 10.4 Å². The minimum absolute atomic E-state index is 0.525. The number of thiol groups is 1. The molecule has 0 amide bonds. The second-order valence-electron chi connectivity index (χ2n) is 8.57. The van der Waals surface area contributed by atoms with Crippen LogP contribution in [0.4, 0.5) is 0 Å². The van der Waals surface area contributed by atoms with Crippen LogP contribution in [0.5, 0.6) is 0 Å². The Bertz CT molecular complexity index is 1330. The topological polar surface area (TPSA) is 52.8 Å². The number of aryl methyl sites for hydroxylation is 6. The maximum atomic E-state index is 8.58. The van der Waals surface area contributed by atoms with Gasteiger partial charge in [-0.3, -0.25) is 0 Å². The molecule has 2 aromatic carbocycles. The molecular formula is C30H35B2BrNO2S4. The van der Waals surface area contributed by atoms with Gasteiger partial charge in [-0.05, 0) is 109 Å². The molecule has 2 N–H and O–H groups in total. The summed E-state index contributed by atoms with van der Waals surface area (Å²) in [6.45, 7) is 12.9. The number of nitrogens with zero attached hydrogens (tertiary/aromatic N) is 1. The third kappa shape index (κ3) is 14.2. The SMILES string of the molecule is Cc1cc(-c2ccccc2)sc1C.Cc1cc(Br)sc1C.Cc1ccsc1C.OB(O)c1ccccc1.[B]=NS. The molecule has 0 spiro atoms. The third-order valence-corrected chi connectivity index (χ3v) is 9.38. The minimum atomic E-state index is -1.34. The zero-order valence-corrected chi connectivity index (χ0v) is 28.6. The van der Waals surface area contributed by atoms with E-state index in [9.17, 15) is 0 Å². The van der Waals surface area contributed by atoms with Crippen molar-refractivity contribution in [3.8, 4) is 10.4 Å². The van der Waals surface area contributed by atoms with Crippen molar-refractivity contribution in [1.29, 1.82) is 0 Å². The first-order valence-corrected chi connectivity index (χ1v) is 16.0. The number of benzene rings is 2. The summed E-state index contributed by atoms with van der Waals surface area (Å²) in [4.78, 5) is 5.62. The fourth-order valence-electron chi connectivity index (χ4n) is 2.92. The molecule has 0 aliphatic heterocycles. The maximum absolute atomic E-state index is 8.58. The van der Waals surface area contributed by atoms with Gasteiger partial charge < -0.3 is 10.0 Å². The van der Waals surface area contributed by atoms with Crippen molar-refractivity contribution < 1.29 is 10.0 Å². The molecule has 5 rings (SSSR count). The van der Waals surface area contributed by atoms with Gasteiger partial charge in [-0.15, -0.1) is 34.0 Å². The molecule has 3 heterocycles. The Labute approximate surface area is 266 Å². The van der Waals surface area contributed by atoms with Gasteiger partial charge in [-0.2, -0.15) is 0 Å². The van der Waals surface area contributed by atoms with Gasteiger partial charge in [0.25, 0.3) is 0 Å². The van der Waals surface area contributed by atoms with Crippen LogP contribution in [0.3, 0.4) is 0 Å². The molecule has 10 heteroatoms. The van der Waals surface area contributed by atoms with Crippen molar-refractivity contribution in [2.75, 3.05) is 0 Å². The van der Waals surface area contributed by atoms with E-state index in [0.717, 1.165) is 0 Å². The second kappa shape index (κ2) is 20.2. The molecule has 0 saturated heterocycles. The van der Waals surface area contributed by atoms with Crippen molar-refractivity contribution >= 4 is 83.0 Å². The third-order valence-electron chi connectivity index (χ3n) is 5.58. The predicted octanol–water partition coefficient (Wildman–Crippen LogP) is 9.07. The molecule has 40 heavy (non-hydrogen) atoms. The van der Waals surface area contributed by atoms with Crippen molar-refractivity contribution in [2.24, 2.45) is 4.30 Å². The standard InChI is InChI=1S/C12H12S.C6H7BO2.C6H7BrS.C6H8S.BHNS/c1-9-8-12(13-10(9)2)11-6-4-3-5-7-11;8-7(9)6-4-2-1-3-5-6;1-4-3-6(7)8-5(4)2;1-5-3-4-7-6(5)2;1-2-3/h3-8H,1-2H3;1-5,8-9H;3H,1-2H3;3-4H,1-2H3;3H. The monoisotopic (exact) mass is 670 g/mol. The van der Waals surface area contributed by atoms with E-state index in [4.69, 9.17) is 10.0 Å². The number of hydrogen-bond acceptors (Lipinski definition) is 7. The number of halogens is 1. The summed E-state index contributed by atoms with van der Waals surface area (Å²) >= 11 is 12.1. The van der Waals surface area contributed by atoms with E-state index in [1.807, 2.05) is 17.4 Å². The number of hydrogen-bond donors (Lipinski definition) is 3. The number of thiophene rings is 3. The molecule has 0 saturated carbocycles. The molecule has 0 bridgehead atoms. The summed E-state index contributed by atoms with van der Waals surface area (Å²) in [5, 5.41) is 19.3. The van der Waals surface area contributed by atoms with Gasteiger partial charge >= 0.3 is 31.9 Å². The van der Waals surface area contributed by atoms with Gasteiger partial charge in [0.2, 0.25) is 0 Å². The van der Waals surface area contributed by atoms with Crippen LogP contribution in [-0.2, 0) is 0 Å². The summed E-state index contributed by atoms with van der Waals surface area (Å²) < 4.78 is 3.92. The van der Waals surface area contributed by atoms with Gasteiger partial charge in [-0.1, -0.05) is 60.7 Å². The summed E-state index contributed by atoms with van der Waals surface area (Å²) in [5.74, 6) is 0. The quantitative estimate of drug-likeness (QED) is 0.130. The fraction of sp³-hybridized carbons (Fsp3) is 0.200. The molecule has 3 aromatic heterocycles. The van der Waals surface area contributed by atoms with Gasteiger partial charge in [0.15, 0.2) is 0 Å². The van der Waals surface area contributed by atoms with E-state index < -0.39 is 7.12 Å².